The molecule has 0 aromatic rings. The minimum atomic E-state index is 0. The summed E-state index contributed by atoms with van der Waals surface area (Å²) in [7, 11) is 0. The molecule has 0 radical (unpaired) electrons. The van der Waals surface area contributed by atoms with Crippen LogP contribution in [0, 0.1) is 37.3 Å². The quantitative estimate of drug-likeness (QED) is 0.529. The third kappa shape index (κ3) is 9.10. The summed E-state index contributed by atoms with van der Waals surface area (Å²) in [5, 5.41) is 0. The van der Waals surface area contributed by atoms with Crippen molar-refractivity contribution in [3.8, 4) is 0 Å². The molecule has 0 bridgehead atoms. The van der Waals surface area contributed by atoms with Gasteiger partial charge in [-0.15, -0.1) is 0 Å². The van der Waals surface area contributed by atoms with Crippen molar-refractivity contribution in [1.82, 2.24) is 0 Å². The van der Waals surface area contributed by atoms with E-state index in [-0.39, 0.29) is 42.8 Å². The van der Waals surface area contributed by atoms with Crippen LogP contribution in [0.1, 0.15) is 0 Å². The van der Waals surface area contributed by atoms with Gasteiger partial charge in [-0.1, -0.05) is 0 Å². The van der Waals surface area contributed by atoms with Crippen LogP contribution in [-0.4, -0.2) is 9.16 Å². The van der Waals surface area contributed by atoms with Gasteiger partial charge in [0.25, 0.3) is 0 Å². The van der Waals surface area contributed by atoms with E-state index in [0.29, 0.717) is 0 Å². The van der Waals surface area contributed by atoms with Crippen LogP contribution in [0.5, 0.6) is 0 Å². The molecular formula is H3ErO2Ti. The van der Waals surface area contributed by atoms with Crippen molar-refractivity contribution < 1.29 is 67.3 Å². The van der Waals surface area contributed by atoms with E-state index < -0.39 is 0 Å². The van der Waals surface area contributed by atoms with Gasteiger partial charge in [0.2, 0.25) is 0 Å². The second kappa shape index (κ2) is 20.8. The Morgan fingerprint density at radius 2 is 1.25 bits per heavy atom. The van der Waals surface area contributed by atoms with Gasteiger partial charge < -0.3 is 5.48 Å². The van der Waals surface area contributed by atoms with Gasteiger partial charge in [-0.25, -0.2) is 0 Å². The molecule has 0 rings (SSSR count). The van der Waals surface area contributed by atoms with Gasteiger partial charge in [-0.3, -0.25) is 0 Å². The predicted molar refractivity (Wildman–Crippen MR) is 5.83 cm³/mol. The predicted octanol–water partition coefficient (Wildman–Crippen LogP) is -1.38. The molecule has 0 spiro atoms. The zero-order valence-electron chi connectivity index (χ0n) is 1.74. The molecule has 0 aromatic heterocycles. The van der Waals surface area contributed by atoms with Gasteiger partial charge in [-0.2, -0.15) is 0 Å². The summed E-state index contributed by atoms with van der Waals surface area (Å²) < 4.78 is 7.00. The average molecular weight is 250 g/mol. The first-order chi connectivity index (χ1) is 1.00. The van der Waals surface area contributed by atoms with Crippen molar-refractivity contribution in [1.29, 1.82) is 0 Å². The molecule has 31 valence electrons. The molecule has 0 aliphatic carbocycles. The van der Waals surface area contributed by atoms with E-state index in [1.165, 1.54) is 0 Å². The Morgan fingerprint density at radius 1 is 1.25 bits per heavy atom. The average Bonchev–Trinajstić information content (AvgIpc) is 1.00. The fourth-order valence-electron chi connectivity index (χ4n) is 0. The maximum absolute atomic E-state index is 7.00. The molecule has 4 heavy (non-hydrogen) atoms. The van der Waals surface area contributed by atoms with Crippen molar-refractivity contribution in [3.63, 3.8) is 0 Å². The number of rotatable bonds is 0. The fraction of sp³-hybridized carbons (Fsp3) is 0. The van der Waals surface area contributed by atoms with Gasteiger partial charge in [-0.05, 0) is 0 Å². The maximum atomic E-state index is 7.00. The van der Waals surface area contributed by atoms with E-state index in [2.05, 4.69) is 0 Å². The van der Waals surface area contributed by atoms with Crippen molar-refractivity contribution >= 4 is 0 Å². The van der Waals surface area contributed by atoms with Gasteiger partial charge in [0.15, 0.2) is 0 Å². The Kier molecular flexibility index (Phi) is 87.7. The Balaban J connectivity index is -0.00000000500. The summed E-state index contributed by atoms with van der Waals surface area (Å²) in [6.07, 6.45) is 0. The normalized spacial score (nSPS) is 1.00. The standard InChI is InChI=1S/Er.2H2O.Ti/h;2*1H2;/q;;;+1/p-1. The second-order valence-electron chi connectivity index (χ2n) is 0. The van der Waals surface area contributed by atoms with Crippen LogP contribution in [0.15, 0.2) is 0 Å². The molecule has 0 atom stereocenters. The summed E-state index contributed by atoms with van der Waals surface area (Å²) in [5.41, 5.74) is 0. The van der Waals surface area contributed by atoms with Crippen LogP contribution in [0.4, 0.5) is 0 Å². The minimum absolute atomic E-state index is 0. The van der Waals surface area contributed by atoms with E-state index in [1.54, 1.807) is 0 Å². The zero-order chi connectivity index (χ0) is 2.00. The van der Waals surface area contributed by atoms with Gasteiger partial charge in [0.1, 0.15) is 0 Å². The fourth-order valence-corrected chi connectivity index (χ4v) is 0. The number of hydrogen-bond donors (Lipinski definition) is 1. The van der Waals surface area contributed by atoms with Crippen LogP contribution in [0.3, 0.4) is 0 Å². The molecule has 0 unspecified atom stereocenters. The molecule has 0 amide bonds. The van der Waals surface area contributed by atoms with E-state index >= 15 is 0 Å². The van der Waals surface area contributed by atoms with Gasteiger partial charge >= 0.3 is 24.5 Å². The summed E-state index contributed by atoms with van der Waals surface area (Å²) in [5.74, 6) is 0. The first-order valence-electron chi connectivity index (χ1n) is 0.224. The van der Waals surface area contributed by atoms with E-state index in [0.717, 1.165) is 20.8 Å². The number of hydrogen-bond acceptors (Lipinski definition) is 1. The van der Waals surface area contributed by atoms with Crippen LogP contribution in [0.2, 0.25) is 0 Å². The molecule has 0 heterocycles. The summed E-state index contributed by atoms with van der Waals surface area (Å²) in [6, 6.07) is 0. The molecular weight excluding hydrogens is 247 g/mol. The van der Waals surface area contributed by atoms with Crippen molar-refractivity contribution in [2.45, 2.75) is 0 Å². The second-order valence-corrected chi connectivity index (χ2v) is 0. The Morgan fingerprint density at radius 3 is 1.25 bits per heavy atom. The Hall–Kier alpha value is 1.88. The first-order valence-corrected chi connectivity index (χ1v) is 0.922. The van der Waals surface area contributed by atoms with E-state index in [4.69, 9.17) is 3.69 Å². The molecule has 0 saturated heterocycles. The van der Waals surface area contributed by atoms with Crippen LogP contribution in [-0.2, 0) is 20.8 Å². The molecule has 0 aliphatic rings. The topological polar surface area (TPSA) is 51.7 Å². The van der Waals surface area contributed by atoms with Crippen molar-refractivity contribution in [2.24, 2.45) is 0 Å². The van der Waals surface area contributed by atoms with E-state index in [9.17, 15) is 0 Å². The summed E-state index contributed by atoms with van der Waals surface area (Å²) in [6.45, 7) is 0. The summed E-state index contributed by atoms with van der Waals surface area (Å²) in [4.78, 5) is 0. The molecule has 0 aliphatic heterocycles. The molecule has 0 aromatic carbocycles. The third-order valence-electron chi connectivity index (χ3n) is 0. The van der Waals surface area contributed by atoms with Crippen LogP contribution in [0.25, 0.3) is 0 Å². The van der Waals surface area contributed by atoms with Crippen LogP contribution >= 0.6 is 0 Å². The van der Waals surface area contributed by atoms with Crippen LogP contribution < -0.4 is 0 Å². The molecule has 2 nitrogen and oxygen atoms in total. The summed E-state index contributed by atoms with van der Waals surface area (Å²) >= 11 is 1.00. The monoisotopic (exact) mass is 249 g/mol. The van der Waals surface area contributed by atoms with Crippen molar-refractivity contribution in [2.75, 3.05) is 0 Å². The SMILES string of the molecule is O.[Er].[OH][Ti]. The van der Waals surface area contributed by atoms with Gasteiger partial charge in [0, 0.05) is 37.3 Å². The van der Waals surface area contributed by atoms with E-state index in [1.807, 2.05) is 0 Å². The molecule has 4 heteroatoms. The van der Waals surface area contributed by atoms with Crippen molar-refractivity contribution in [3.05, 3.63) is 0 Å². The third-order valence-corrected chi connectivity index (χ3v) is 0. The Labute approximate surface area is 66.4 Å². The molecule has 0 fully saturated rings. The molecule has 3 N–H and O–H groups in total. The zero-order valence-corrected chi connectivity index (χ0v) is 5.15. The molecule has 0 saturated carbocycles. The Bertz CT molecular complexity index is 6.00. The first kappa shape index (κ1) is 16.9. The van der Waals surface area contributed by atoms with Gasteiger partial charge in [0.05, 0.1) is 0 Å².